The van der Waals surface area contributed by atoms with E-state index in [9.17, 15) is 9.59 Å². The predicted molar refractivity (Wildman–Crippen MR) is 73.4 cm³/mol. The summed E-state index contributed by atoms with van der Waals surface area (Å²) in [6.07, 6.45) is 1.51. The molecule has 6 nitrogen and oxygen atoms in total. The van der Waals surface area contributed by atoms with Crippen LogP contribution in [0.2, 0.25) is 0 Å². The molecular weight excluding hydrogens is 260 g/mol. The molecule has 1 heterocycles. The van der Waals surface area contributed by atoms with Crippen molar-refractivity contribution in [3.8, 4) is 0 Å². The number of hydrogen-bond acceptors (Lipinski definition) is 4. The second-order valence-electron chi connectivity index (χ2n) is 4.98. The van der Waals surface area contributed by atoms with Gasteiger partial charge in [0.05, 0.1) is 5.69 Å². The summed E-state index contributed by atoms with van der Waals surface area (Å²) in [6, 6.07) is -0.0803. The van der Waals surface area contributed by atoms with Crippen molar-refractivity contribution in [1.29, 1.82) is 0 Å². The Kier molecular flexibility index (Phi) is 5.73. The van der Waals surface area contributed by atoms with Crippen LogP contribution < -0.4 is 0 Å². The SMILES string of the molecule is CCC(C)N(CC(=O)O)C(=O)CCc1c(C)noc1C. The van der Waals surface area contributed by atoms with E-state index in [2.05, 4.69) is 5.16 Å². The summed E-state index contributed by atoms with van der Waals surface area (Å²) >= 11 is 0. The highest BCUT2D eigenvalue weighted by molar-refractivity contribution is 5.81. The Morgan fingerprint density at radius 3 is 2.50 bits per heavy atom. The number of carboxylic acids is 1. The van der Waals surface area contributed by atoms with Crippen molar-refractivity contribution in [3.63, 3.8) is 0 Å². The summed E-state index contributed by atoms with van der Waals surface area (Å²) in [4.78, 5) is 24.5. The fraction of sp³-hybridized carbons (Fsp3) is 0.643. The van der Waals surface area contributed by atoms with Crippen LogP contribution in [-0.2, 0) is 16.0 Å². The molecule has 1 aromatic heterocycles. The largest absolute Gasteiger partial charge is 0.480 e. The zero-order valence-corrected chi connectivity index (χ0v) is 12.5. The molecule has 6 heteroatoms. The minimum absolute atomic E-state index is 0.0803. The molecule has 0 aliphatic carbocycles. The minimum atomic E-state index is -0.990. The summed E-state index contributed by atoms with van der Waals surface area (Å²) in [5.41, 5.74) is 1.71. The molecule has 1 N–H and O–H groups in total. The molecule has 0 saturated carbocycles. The number of carbonyl (C=O) groups excluding carboxylic acids is 1. The Balaban J connectivity index is 2.69. The standard InChI is InChI=1S/C14H22N2O4/c1-5-9(2)16(8-14(18)19)13(17)7-6-12-10(3)15-20-11(12)4/h9H,5-8H2,1-4H3,(H,18,19). The highest BCUT2D eigenvalue weighted by Crippen LogP contribution is 2.16. The molecule has 0 spiro atoms. The summed E-state index contributed by atoms with van der Waals surface area (Å²) in [5.74, 6) is -0.429. The zero-order valence-electron chi connectivity index (χ0n) is 12.5. The van der Waals surface area contributed by atoms with Gasteiger partial charge in [0.1, 0.15) is 12.3 Å². The van der Waals surface area contributed by atoms with Gasteiger partial charge in [0.15, 0.2) is 0 Å². The lowest BCUT2D eigenvalue weighted by Crippen LogP contribution is -2.41. The van der Waals surface area contributed by atoms with Crippen molar-refractivity contribution in [1.82, 2.24) is 10.1 Å². The maximum absolute atomic E-state index is 12.2. The number of hydrogen-bond donors (Lipinski definition) is 1. The van der Waals surface area contributed by atoms with Crippen molar-refractivity contribution in [3.05, 3.63) is 17.0 Å². The molecule has 0 bridgehead atoms. The van der Waals surface area contributed by atoms with Gasteiger partial charge in [-0.3, -0.25) is 9.59 Å². The number of rotatable bonds is 7. The van der Waals surface area contributed by atoms with Crippen LogP contribution >= 0.6 is 0 Å². The van der Waals surface area contributed by atoms with Gasteiger partial charge in [-0.1, -0.05) is 12.1 Å². The Morgan fingerprint density at radius 1 is 1.40 bits per heavy atom. The highest BCUT2D eigenvalue weighted by Gasteiger charge is 2.22. The number of carboxylic acid groups (broad SMARTS) is 1. The van der Waals surface area contributed by atoms with E-state index in [-0.39, 0.29) is 24.9 Å². The zero-order chi connectivity index (χ0) is 15.3. The van der Waals surface area contributed by atoms with Gasteiger partial charge < -0.3 is 14.5 Å². The molecule has 1 aromatic rings. The molecule has 0 aromatic carbocycles. The van der Waals surface area contributed by atoms with Crippen LogP contribution in [0.5, 0.6) is 0 Å². The molecule has 0 fully saturated rings. The van der Waals surface area contributed by atoms with Gasteiger partial charge >= 0.3 is 5.97 Å². The monoisotopic (exact) mass is 282 g/mol. The smallest absolute Gasteiger partial charge is 0.323 e. The average Bonchev–Trinajstić information content (AvgIpc) is 2.71. The summed E-state index contributed by atoms with van der Waals surface area (Å²) in [7, 11) is 0. The third-order valence-electron chi connectivity index (χ3n) is 3.52. The molecule has 1 atom stereocenters. The Bertz CT molecular complexity index is 462. The van der Waals surface area contributed by atoms with Gasteiger partial charge in [0, 0.05) is 18.0 Å². The molecule has 1 unspecified atom stereocenters. The molecule has 1 amide bonds. The van der Waals surface area contributed by atoms with E-state index >= 15 is 0 Å². The number of aryl methyl sites for hydroxylation is 2. The van der Waals surface area contributed by atoms with E-state index in [1.807, 2.05) is 27.7 Å². The Morgan fingerprint density at radius 2 is 2.05 bits per heavy atom. The van der Waals surface area contributed by atoms with Gasteiger partial charge in [0.2, 0.25) is 5.91 Å². The normalized spacial score (nSPS) is 12.2. The van der Waals surface area contributed by atoms with Gasteiger partial charge in [-0.15, -0.1) is 0 Å². The minimum Gasteiger partial charge on any atom is -0.480 e. The lowest BCUT2D eigenvalue weighted by molar-refractivity contribution is -0.146. The second-order valence-corrected chi connectivity index (χ2v) is 4.98. The van der Waals surface area contributed by atoms with Crippen LogP contribution in [0.25, 0.3) is 0 Å². The van der Waals surface area contributed by atoms with Crippen molar-refractivity contribution in [2.75, 3.05) is 6.54 Å². The van der Waals surface area contributed by atoms with E-state index in [0.717, 1.165) is 17.7 Å². The fourth-order valence-electron chi connectivity index (χ4n) is 2.09. The Labute approximate surface area is 118 Å². The first kappa shape index (κ1) is 16.2. The van der Waals surface area contributed by atoms with Crippen LogP contribution in [-0.4, -0.2) is 39.6 Å². The second kappa shape index (κ2) is 7.07. The molecule has 1 rings (SSSR count). The van der Waals surface area contributed by atoms with E-state index < -0.39 is 5.97 Å². The third-order valence-corrected chi connectivity index (χ3v) is 3.52. The third kappa shape index (κ3) is 4.08. The van der Waals surface area contributed by atoms with Crippen molar-refractivity contribution in [2.45, 2.75) is 53.0 Å². The van der Waals surface area contributed by atoms with Crippen LogP contribution in [0.1, 0.15) is 43.7 Å². The molecular formula is C14H22N2O4. The lowest BCUT2D eigenvalue weighted by Gasteiger charge is -2.27. The van der Waals surface area contributed by atoms with Gasteiger partial charge in [-0.05, 0) is 33.6 Å². The summed E-state index contributed by atoms with van der Waals surface area (Å²) in [5, 5.41) is 12.7. The first-order valence-corrected chi connectivity index (χ1v) is 6.79. The highest BCUT2D eigenvalue weighted by atomic mass is 16.5. The van der Waals surface area contributed by atoms with Crippen molar-refractivity contribution < 1.29 is 19.2 Å². The quantitative estimate of drug-likeness (QED) is 0.826. The van der Waals surface area contributed by atoms with E-state index in [4.69, 9.17) is 9.63 Å². The lowest BCUT2D eigenvalue weighted by atomic mass is 10.1. The predicted octanol–water partition coefficient (Wildman–Crippen LogP) is 1.94. The van der Waals surface area contributed by atoms with Crippen molar-refractivity contribution >= 4 is 11.9 Å². The maximum Gasteiger partial charge on any atom is 0.323 e. The van der Waals surface area contributed by atoms with Crippen molar-refractivity contribution in [2.24, 2.45) is 0 Å². The number of amides is 1. The van der Waals surface area contributed by atoms with Crippen LogP contribution in [0, 0.1) is 13.8 Å². The first-order valence-electron chi connectivity index (χ1n) is 6.79. The summed E-state index contributed by atoms with van der Waals surface area (Å²) in [6.45, 7) is 7.18. The Hall–Kier alpha value is -1.85. The maximum atomic E-state index is 12.2. The molecule has 0 radical (unpaired) electrons. The average molecular weight is 282 g/mol. The van der Waals surface area contributed by atoms with Crippen LogP contribution in [0.4, 0.5) is 0 Å². The number of carbonyl (C=O) groups is 2. The number of nitrogens with zero attached hydrogens (tertiary/aromatic N) is 2. The molecule has 20 heavy (non-hydrogen) atoms. The first-order chi connectivity index (χ1) is 9.36. The van der Waals surface area contributed by atoms with Gasteiger partial charge in [-0.25, -0.2) is 0 Å². The molecule has 0 saturated heterocycles. The van der Waals surface area contributed by atoms with E-state index in [0.29, 0.717) is 12.2 Å². The molecule has 0 aliphatic heterocycles. The topological polar surface area (TPSA) is 83.6 Å². The molecule has 0 aliphatic rings. The van der Waals surface area contributed by atoms with Gasteiger partial charge in [-0.2, -0.15) is 0 Å². The van der Waals surface area contributed by atoms with Crippen LogP contribution in [0.15, 0.2) is 4.52 Å². The van der Waals surface area contributed by atoms with E-state index in [1.165, 1.54) is 4.90 Å². The van der Waals surface area contributed by atoms with E-state index in [1.54, 1.807) is 0 Å². The molecule has 112 valence electrons. The number of aliphatic carboxylic acids is 1. The van der Waals surface area contributed by atoms with Gasteiger partial charge in [0.25, 0.3) is 0 Å². The van der Waals surface area contributed by atoms with Crippen LogP contribution in [0.3, 0.4) is 0 Å². The number of aromatic nitrogens is 1. The fourth-order valence-corrected chi connectivity index (χ4v) is 2.09. The summed E-state index contributed by atoms with van der Waals surface area (Å²) < 4.78 is 5.05.